The number of nitro groups is 2. The Balaban J connectivity index is 1.69. The highest BCUT2D eigenvalue weighted by Crippen LogP contribution is 2.42. The van der Waals surface area contributed by atoms with Gasteiger partial charge in [0.15, 0.2) is 10.3 Å². The normalized spacial score (nSPS) is 11.4. The third kappa shape index (κ3) is 4.58. The first-order chi connectivity index (χ1) is 19.0. The Bertz CT molecular complexity index is 2020. The van der Waals surface area contributed by atoms with E-state index in [1.54, 1.807) is 18.2 Å². The van der Waals surface area contributed by atoms with E-state index in [9.17, 15) is 43.3 Å². The van der Waals surface area contributed by atoms with Gasteiger partial charge in [0.25, 0.3) is 11.4 Å². The van der Waals surface area contributed by atoms with Crippen molar-refractivity contribution in [2.24, 2.45) is 0 Å². The van der Waals surface area contributed by atoms with Gasteiger partial charge in [0.05, 0.1) is 21.5 Å². The van der Waals surface area contributed by atoms with Gasteiger partial charge in [0, 0.05) is 34.7 Å². The number of aromatic carboxylic acids is 1. The largest absolute Gasteiger partial charge is 0.478 e. The molecular formula is C26H14N2O11S. The Labute approximate surface area is 223 Å². The summed E-state index contributed by atoms with van der Waals surface area (Å²) in [5.41, 5.74) is -1.03. The molecule has 1 aliphatic heterocycles. The molecule has 2 aliphatic rings. The number of non-ortho nitro benzene ring substituents is 1. The summed E-state index contributed by atoms with van der Waals surface area (Å²) in [5.74, 6) is -1.45. The van der Waals surface area contributed by atoms with Crippen molar-refractivity contribution in [3.8, 4) is 28.2 Å². The van der Waals surface area contributed by atoms with Gasteiger partial charge in [-0.3, -0.25) is 25.0 Å². The van der Waals surface area contributed by atoms with Gasteiger partial charge >= 0.3 is 16.1 Å². The smallest absolute Gasteiger partial charge is 0.346 e. The summed E-state index contributed by atoms with van der Waals surface area (Å²) in [6.07, 6.45) is 0. The third-order valence-corrected chi connectivity index (χ3v) is 7.21. The maximum atomic E-state index is 13.0. The predicted molar refractivity (Wildman–Crippen MR) is 139 cm³/mol. The van der Waals surface area contributed by atoms with Crippen molar-refractivity contribution in [3.05, 3.63) is 115 Å². The highest BCUT2D eigenvalue weighted by Gasteiger charge is 2.31. The number of carboxylic acid groups (broad SMARTS) is 1. The number of carboxylic acids is 1. The second kappa shape index (κ2) is 9.59. The molecule has 3 aromatic carbocycles. The molecule has 3 aromatic rings. The molecule has 14 heteroatoms. The van der Waals surface area contributed by atoms with Crippen LogP contribution in [0.2, 0.25) is 0 Å². The first kappa shape index (κ1) is 26.0. The van der Waals surface area contributed by atoms with Gasteiger partial charge in [-0.25, -0.2) is 4.79 Å². The zero-order valence-electron chi connectivity index (χ0n) is 19.8. The lowest BCUT2D eigenvalue weighted by molar-refractivity contribution is -0.396. The minimum atomic E-state index is -4.86. The molecule has 1 heterocycles. The number of fused-ring (bicyclic) bond motifs is 2. The van der Waals surface area contributed by atoms with Crippen molar-refractivity contribution in [2.45, 2.75) is 4.90 Å². The first-order valence-corrected chi connectivity index (χ1v) is 12.6. The molecule has 0 spiro atoms. The zero-order chi connectivity index (χ0) is 28.8. The summed E-state index contributed by atoms with van der Waals surface area (Å²) in [5, 5.41) is 32.6. The van der Waals surface area contributed by atoms with Crippen LogP contribution in [0, 0.1) is 20.2 Å². The molecule has 200 valence electrons. The van der Waals surface area contributed by atoms with Gasteiger partial charge in [-0.15, -0.1) is 0 Å². The summed E-state index contributed by atoms with van der Waals surface area (Å²) in [6.45, 7) is 0. The summed E-state index contributed by atoms with van der Waals surface area (Å²) in [4.78, 5) is 43.5. The number of carbonyl (C=O) groups is 1. The lowest BCUT2D eigenvalue weighted by Gasteiger charge is -2.17. The number of nitrogens with zero attached hydrogens (tertiary/aromatic N) is 2. The van der Waals surface area contributed by atoms with Gasteiger partial charge in [-0.2, -0.15) is 8.42 Å². The highest BCUT2D eigenvalue weighted by atomic mass is 32.2. The molecule has 0 aromatic heterocycles. The van der Waals surface area contributed by atoms with E-state index < -0.39 is 47.6 Å². The average molecular weight is 562 g/mol. The fourth-order valence-electron chi connectivity index (χ4n) is 4.23. The maximum absolute atomic E-state index is 13.0. The highest BCUT2D eigenvalue weighted by molar-refractivity contribution is 7.87. The van der Waals surface area contributed by atoms with Gasteiger partial charge in [-0.05, 0) is 42.0 Å². The van der Waals surface area contributed by atoms with E-state index in [2.05, 4.69) is 0 Å². The van der Waals surface area contributed by atoms with E-state index in [4.69, 9.17) is 8.60 Å². The minimum Gasteiger partial charge on any atom is -0.478 e. The minimum absolute atomic E-state index is 0.0131. The van der Waals surface area contributed by atoms with Gasteiger partial charge in [0.2, 0.25) is 0 Å². The van der Waals surface area contributed by atoms with Crippen molar-refractivity contribution in [1.82, 2.24) is 0 Å². The van der Waals surface area contributed by atoms with Crippen molar-refractivity contribution >= 4 is 38.4 Å². The second-order valence-electron chi connectivity index (χ2n) is 8.35. The van der Waals surface area contributed by atoms with Crippen LogP contribution in [0.25, 0.3) is 33.4 Å². The molecular weight excluding hydrogens is 548 g/mol. The number of rotatable bonds is 7. The van der Waals surface area contributed by atoms with Crippen LogP contribution in [0.15, 0.2) is 93.0 Å². The van der Waals surface area contributed by atoms with Crippen molar-refractivity contribution in [2.75, 3.05) is 0 Å². The van der Waals surface area contributed by atoms with Gasteiger partial charge in [-0.1, -0.05) is 18.2 Å². The number of hydrogen-bond donors (Lipinski definition) is 1. The van der Waals surface area contributed by atoms with E-state index >= 15 is 0 Å². The van der Waals surface area contributed by atoms with E-state index in [0.717, 1.165) is 12.1 Å². The summed E-state index contributed by atoms with van der Waals surface area (Å²) >= 11 is 0. The van der Waals surface area contributed by atoms with Crippen LogP contribution in [0.5, 0.6) is 5.75 Å². The summed E-state index contributed by atoms with van der Waals surface area (Å²) in [6, 6.07) is 15.9. The van der Waals surface area contributed by atoms with Crippen molar-refractivity contribution < 1.29 is 36.8 Å². The summed E-state index contributed by atoms with van der Waals surface area (Å²) in [7, 11) is -4.86. The van der Waals surface area contributed by atoms with E-state index in [-0.39, 0.29) is 22.7 Å². The molecule has 0 fully saturated rings. The molecule has 40 heavy (non-hydrogen) atoms. The Morgan fingerprint density at radius 1 is 0.875 bits per heavy atom. The van der Waals surface area contributed by atoms with Crippen molar-refractivity contribution in [3.63, 3.8) is 0 Å². The molecule has 0 amide bonds. The Kier molecular flexibility index (Phi) is 6.24. The molecule has 0 bridgehead atoms. The summed E-state index contributed by atoms with van der Waals surface area (Å²) < 4.78 is 36.9. The first-order valence-electron chi connectivity index (χ1n) is 11.2. The van der Waals surface area contributed by atoms with Gasteiger partial charge in [0.1, 0.15) is 17.1 Å². The second-order valence-corrected chi connectivity index (χ2v) is 9.86. The zero-order valence-corrected chi connectivity index (χ0v) is 20.7. The predicted octanol–water partition coefficient (Wildman–Crippen LogP) is 4.85. The van der Waals surface area contributed by atoms with Crippen LogP contribution < -0.4 is 9.61 Å². The Morgan fingerprint density at radius 2 is 1.62 bits per heavy atom. The SMILES string of the molecule is O=C(O)c1ccccc1-c1c2ccc(=O)cc-2oc2cc(OS(=O)(=O)c3ccc([N+](=O)[O-])cc3[N+](=O)[O-])ccc12. The quantitative estimate of drug-likeness (QED) is 0.123. The number of hydrogen-bond acceptors (Lipinski definition) is 10. The Hall–Kier alpha value is -5.63. The molecule has 0 saturated heterocycles. The average Bonchev–Trinajstić information content (AvgIpc) is 2.90. The molecule has 0 saturated carbocycles. The molecule has 1 aliphatic carbocycles. The van der Waals surface area contributed by atoms with E-state index in [0.29, 0.717) is 34.2 Å². The number of benzene rings is 4. The molecule has 5 rings (SSSR count). The van der Waals surface area contributed by atoms with Crippen LogP contribution in [0.4, 0.5) is 11.4 Å². The maximum Gasteiger partial charge on any atom is 0.346 e. The molecule has 0 unspecified atom stereocenters. The van der Waals surface area contributed by atoms with E-state index in [1.807, 2.05) is 0 Å². The fraction of sp³-hybridized carbons (Fsp3) is 0. The van der Waals surface area contributed by atoms with E-state index in [1.165, 1.54) is 36.4 Å². The molecule has 0 atom stereocenters. The van der Waals surface area contributed by atoms with Crippen molar-refractivity contribution in [1.29, 1.82) is 0 Å². The van der Waals surface area contributed by atoms with Crippen LogP contribution >= 0.6 is 0 Å². The molecule has 1 N–H and O–H groups in total. The Morgan fingerprint density at radius 3 is 2.33 bits per heavy atom. The van der Waals surface area contributed by atoms with Gasteiger partial charge < -0.3 is 13.7 Å². The standard InChI is InChI=1S/C26H14N2O11S/c29-15-6-8-19-22(12-15)38-23-13-16(7-9-20(23)25(19)17-3-1-2-4-18(17)26(30)31)39-40(36,37)24-10-5-14(27(32)33)11-21(24)28(34)35/h1-13H,(H,30,31). The van der Waals surface area contributed by atoms with Crippen LogP contribution in [0.3, 0.4) is 0 Å². The van der Waals surface area contributed by atoms with Crippen LogP contribution in [0.1, 0.15) is 10.4 Å². The lowest BCUT2D eigenvalue weighted by Crippen LogP contribution is -2.12. The third-order valence-electron chi connectivity index (χ3n) is 5.92. The lowest BCUT2D eigenvalue weighted by atomic mass is 9.91. The fourth-order valence-corrected chi connectivity index (χ4v) is 5.30. The molecule has 0 radical (unpaired) electrons. The molecule has 13 nitrogen and oxygen atoms in total. The topological polar surface area (TPSA) is 197 Å². The monoisotopic (exact) mass is 562 g/mol. The van der Waals surface area contributed by atoms with Crippen LogP contribution in [-0.2, 0) is 10.1 Å². The number of nitro benzene ring substituents is 2. The van der Waals surface area contributed by atoms with Crippen LogP contribution in [-0.4, -0.2) is 29.3 Å².